The molecule has 0 spiro atoms. The Balaban J connectivity index is 1.72. The second kappa shape index (κ2) is 7.14. The van der Waals surface area contributed by atoms with E-state index < -0.39 is 0 Å². The Hall–Kier alpha value is -1.55. The molecule has 1 aliphatic rings. The van der Waals surface area contributed by atoms with Gasteiger partial charge in [-0.25, -0.2) is 0 Å². The summed E-state index contributed by atoms with van der Waals surface area (Å²) >= 11 is 0. The number of rotatable bonds is 6. The highest BCUT2D eigenvalue weighted by molar-refractivity contribution is 5.77. The molecule has 1 aliphatic heterocycles. The van der Waals surface area contributed by atoms with Crippen molar-refractivity contribution in [3.63, 3.8) is 0 Å². The van der Waals surface area contributed by atoms with Crippen LogP contribution in [0.15, 0.2) is 24.3 Å². The smallest absolute Gasteiger partial charge is 0.246 e. The molecule has 1 atom stereocenters. The Kier molecular flexibility index (Phi) is 5.21. The minimum atomic E-state index is -0.0210. The number of para-hydroxylation sites is 1. The summed E-state index contributed by atoms with van der Waals surface area (Å²) in [6.07, 6.45) is 3.05. The van der Waals surface area contributed by atoms with Gasteiger partial charge in [0, 0.05) is 25.2 Å². The number of hydrogen-bond acceptors (Lipinski definition) is 3. The first-order valence-electron chi connectivity index (χ1n) is 6.99. The number of unbranched alkanes of at least 4 members (excludes halogenated alkanes) is 1. The molecule has 0 radical (unpaired) electrons. The molecule has 4 heteroatoms. The Morgan fingerprint density at radius 3 is 3.16 bits per heavy atom. The van der Waals surface area contributed by atoms with Gasteiger partial charge >= 0.3 is 0 Å². The third-order valence-corrected chi connectivity index (χ3v) is 3.29. The molecule has 2 rings (SSSR count). The zero-order chi connectivity index (χ0) is 13.5. The van der Waals surface area contributed by atoms with Crippen molar-refractivity contribution in [2.45, 2.75) is 32.3 Å². The molecule has 0 fully saturated rings. The van der Waals surface area contributed by atoms with E-state index in [1.165, 1.54) is 11.3 Å². The Morgan fingerprint density at radius 2 is 2.32 bits per heavy atom. The molecule has 1 unspecified atom stereocenters. The van der Waals surface area contributed by atoms with Gasteiger partial charge in [0.1, 0.15) is 6.61 Å². The van der Waals surface area contributed by atoms with Gasteiger partial charge in [-0.15, -0.1) is 0 Å². The van der Waals surface area contributed by atoms with Crippen LogP contribution in [0, 0.1) is 0 Å². The predicted molar refractivity (Wildman–Crippen MR) is 76.3 cm³/mol. The van der Waals surface area contributed by atoms with Gasteiger partial charge in [-0.1, -0.05) is 31.5 Å². The van der Waals surface area contributed by atoms with E-state index in [4.69, 9.17) is 4.74 Å². The second-order valence-corrected chi connectivity index (χ2v) is 4.88. The van der Waals surface area contributed by atoms with Crippen LogP contribution in [0.25, 0.3) is 0 Å². The van der Waals surface area contributed by atoms with E-state index >= 15 is 0 Å². The molecule has 0 aromatic heterocycles. The van der Waals surface area contributed by atoms with E-state index in [0.717, 1.165) is 32.4 Å². The zero-order valence-electron chi connectivity index (χ0n) is 11.4. The SMILES string of the molecule is CCCCNC(=O)COC1CNc2ccccc2C1. The van der Waals surface area contributed by atoms with Crippen LogP contribution in [0.3, 0.4) is 0 Å². The lowest BCUT2D eigenvalue weighted by Gasteiger charge is -2.26. The number of nitrogens with one attached hydrogen (secondary N) is 2. The standard InChI is InChI=1S/C15H22N2O2/c1-2-3-8-16-15(18)11-19-13-9-12-6-4-5-7-14(12)17-10-13/h4-7,13,17H,2-3,8-11H2,1H3,(H,16,18). The summed E-state index contributed by atoms with van der Waals surface area (Å²) in [5.41, 5.74) is 2.43. The van der Waals surface area contributed by atoms with Crippen molar-refractivity contribution in [3.05, 3.63) is 29.8 Å². The highest BCUT2D eigenvalue weighted by atomic mass is 16.5. The Bertz CT molecular complexity index is 420. The van der Waals surface area contributed by atoms with Gasteiger partial charge in [-0.05, 0) is 18.1 Å². The first-order valence-corrected chi connectivity index (χ1v) is 6.99. The zero-order valence-corrected chi connectivity index (χ0v) is 11.4. The fourth-order valence-electron chi connectivity index (χ4n) is 2.18. The third kappa shape index (κ3) is 4.24. The lowest BCUT2D eigenvalue weighted by atomic mass is 10.0. The first-order chi connectivity index (χ1) is 9.29. The average Bonchev–Trinajstić information content (AvgIpc) is 2.45. The summed E-state index contributed by atoms with van der Waals surface area (Å²) < 4.78 is 5.66. The van der Waals surface area contributed by atoms with E-state index in [1.54, 1.807) is 0 Å². The molecular weight excluding hydrogens is 240 g/mol. The first kappa shape index (κ1) is 13.9. The quantitative estimate of drug-likeness (QED) is 0.771. The second-order valence-electron chi connectivity index (χ2n) is 4.88. The van der Waals surface area contributed by atoms with Crippen LogP contribution in [0.4, 0.5) is 5.69 Å². The topological polar surface area (TPSA) is 50.4 Å². The number of ether oxygens (including phenoxy) is 1. The minimum absolute atomic E-state index is 0.0210. The molecule has 1 aromatic carbocycles. The van der Waals surface area contributed by atoms with Crippen molar-refractivity contribution in [3.8, 4) is 0 Å². The highest BCUT2D eigenvalue weighted by Crippen LogP contribution is 2.22. The van der Waals surface area contributed by atoms with Crippen molar-refractivity contribution in [1.82, 2.24) is 5.32 Å². The van der Waals surface area contributed by atoms with Crippen molar-refractivity contribution in [2.75, 3.05) is 25.0 Å². The molecule has 1 heterocycles. The van der Waals surface area contributed by atoms with Gasteiger partial charge in [0.2, 0.25) is 5.91 Å². The maximum absolute atomic E-state index is 11.5. The number of carbonyl (C=O) groups excluding carboxylic acids is 1. The lowest BCUT2D eigenvalue weighted by molar-refractivity contribution is -0.127. The maximum atomic E-state index is 11.5. The Labute approximate surface area is 114 Å². The van der Waals surface area contributed by atoms with E-state index in [1.807, 2.05) is 12.1 Å². The highest BCUT2D eigenvalue weighted by Gasteiger charge is 2.18. The van der Waals surface area contributed by atoms with E-state index in [0.29, 0.717) is 0 Å². The molecule has 104 valence electrons. The molecule has 2 N–H and O–H groups in total. The van der Waals surface area contributed by atoms with Crippen molar-refractivity contribution in [1.29, 1.82) is 0 Å². The van der Waals surface area contributed by atoms with Crippen LogP contribution in [0.1, 0.15) is 25.3 Å². The third-order valence-electron chi connectivity index (χ3n) is 3.29. The van der Waals surface area contributed by atoms with Crippen molar-refractivity contribution >= 4 is 11.6 Å². The summed E-state index contributed by atoms with van der Waals surface area (Å²) in [5, 5.41) is 6.19. The largest absolute Gasteiger partial charge is 0.382 e. The average molecular weight is 262 g/mol. The summed E-state index contributed by atoms with van der Waals surface area (Å²) in [6, 6.07) is 8.22. The number of amides is 1. The summed E-state index contributed by atoms with van der Waals surface area (Å²) in [5.74, 6) is -0.0210. The van der Waals surface area contributed by atoms with Crippen LogP contribution < -0.4 is 10.6 Å². The maximum Gasteiger partial charge on any atom is 0.246 e. The number of benzene rings is 1. The lowest BCUT2D eigenvalue weighted by Crippen LogP contribution is -2.35. The predicted octanol–water partition coefficient (Wildman–Crippen LogP) is 1.96. The van der Waals surface area contributed by atoms with E-state index in [2.05, 4.69) is 29.7 Å². The monoisotopic (exact) mass is 262 g/mol. The molecule has 0 saturated heterocycles. The number of fused-ring (bicyclic) bond motifs is 1. The van der Waals surface area contributed by atoms with Crippen LogP contribution in [0.5, 0.6) is 0 Å². The Morgan fingerprint density at radius 1 is 1.47 bits per heavy atom. The number of hydrogen-bond donors (Lipinski definition) is 2. The molecule has 1 amide bonds. The molecule has 4 nitrogen and oxygen atoms in total. The summed E-state index contributed by atoms with van der Waals surface area (Å²) in [6.45, 7) is 3.76. The van der Waals surface area contributed by atoms with Gasteiger partial charge in [0.25, 0.3) is 0 Å². The molecule has 0 aliphatic carbocycles. The van der Waals surface area contributed by atoms with Crippen LogP contribution in [-0.4, -0.2) is 31.7 Å². The number of carbonyl (C=O) groups is 1. The molecule has 0 bridgehead atoms. The normalized spacial score (nSPS) is 17.4. The fraction of sp³-hybridized carbons (Fsp3) is 0.533. The molecule has 1 aromatic rings. The number of anilines is 1. The molecule has 19 heavy (non-hydrogen) atoms. The fourth-order valence-corrected chi connectivity index (χ4v) is 2.18. The van der Waals surface area contributed by atoms with E-state index in [-0.39, 0.29) is 18.6 Å². The van der Waals surface area contributed by atoms with Crippen LogP contribution in [-0.2, 0) is 16.0 Å². The van der Waals surface area contributed by atoms with E-state index in [9.17, 15) is 4.79 Å². The van der Waals surface area contributed by atoms with Crippen molar-refractivity contribution < 1.29 is 9.53 Å². The minimum Gasteiger partial charge on any atom is -0.382 e. The van der Waals surface area contributed by atoms with Crippen LogP contribution >= 0.6 is 0 Å². The van der Waals surface area contributed by atoms with Crippen molar-refractivity contribution in [2.24, 2.45) is 0 Å². The van der Waals surface area contributed by atoms with Gasteiger partial charge in [-0.3, -0.25) is 4.79 Å². The van der Waals surface area contributed by atoms with Gasteiger partial charge in [-0.2, -0.15) is 0 Å². The van der Waals surface area contributed by atoms with Gasteiger partial charge in [0.15, 0.2) is 0 Å². The molecular formula is C15H22N2O2. The van der Waals surface area contributed by atoms with Gasteiger partial charge in [0.05, 0.1) is 6.10 Å². The summed E-state index contributed by atoms with van der Waals surface area (Å²) in [7, 11) is 0. The summed E-state index contributed by atoms with van der Waals surface area (Å²) in [4.78, 5) is 11.5. The van der Waals surface area contributed by atoms with Gasteiger partial charge < -0.3 is 15.4 Å². The molecule has 0 saturated carbocycles. The van der Waals surface area contributed by atoms with Crippen LogP contribution in [0.2, 0.25) is 0 Å².